The molecule has 2 aromatic heterocycles. The quantitative estimate of drug-likeness (QED) is 0.681. The van der Waals surface area contributed by atoms with Crippen molar-refractivity contribution in [3.8, 4) is 11.8 Å². The molecule has 1 fully saturated rings. The minimum absolute atomic E-state index is 0.133. The predicted molar refractivity (Wildman–Crippen MR) is 113 cm³/mol. The van der Waals surface area contributed by atoms with E-state index in [1.165, 1.54) is 11.1 Å². The summed E-state index contributed by atoms with van der Waals surface area (Å²) in [7, 11) is 0. The van der Waals surface area contributed by atoms with Crippen molar-refractivity contribution in [2.24, 2.45) is 0 Å². The number of aromatic nitrogens is 2. The molecule has 0 saturated carbocycles. The number of hydrogen-bond acceptors (Lipinski definition) is 6. The zero-order chi connectivity index (χ0) is 20.1. The summed E-state index contributed by atoms with van der Waals surface area (Å²) in [5.74, 6) is 0.283. The van der Waals surface area contributed by atoms with Gasteiger partial charge in [-0.3, -0.25) is 14.6 Å². The van der Waals surface area contributed by atoms with Crippen LogP contribution in [0.3, 0.4) is 0 Å². The molecule has 8 heteroatoms. The molecule has 3 heterocycles. The van der Waals surface area contributed by atoms with Gasteiger partial charge in [0.05, 0.1) is 18.4 Å². The van der Waals surface area contributed by atoms with E-state index in [0.717, 1.165) is 38.4 Å². The lowest BCUT2D eigenvalue weighted by atomic mass is 10.3. The SMILES string of the molecule is N#Cc1cnn(-c2ccccc2)c1NC(=O)CN1CCN(Cc2cccs2)CC1. The van der Waals surface area contributed by atoms with Crippen LogP contribution >= 0.6 is 11.3 Å². The molecule has 1 aromatic carbocycles. The van der Waals surface area contributed by atoms with Gasteiger partial charge in [0.1, 0.15) is 11.6 Å². The predicted octanol–water partition coefficient (Wildman–Crippen LogP) is 2.56. The first-order valence-electron chi connectivity index (χ1n) is 9.53. The molecule has 3 aromatic rings. The van der Waals surface area contributed by atoms with Crippen molar-refractivity contribution in [1.82, 2.24) is 19.6 Å². The van der Waals surface area contributed by atoms with Crippen molar-refractivity contribution in [2.75, 3.05) is 38.0 Å². The van der Waals surface area contributed by atoms with E-state index in [0.29, 0.717) is 17.9 Å². The van der Waals surface area contributed by atoms with Crippen LogP contribution in [0.25, 0.3) is 5.69 Å². The van der Waals surface area contributed by atoms with Crippen LogP contribution in [0, 0.1) is 11.3 Å². The second-order valence-corrected chi connectivity index (χ2v) is 7.98. The highest BCUT2D eigenvalue weighted by Crippen LogP contribution is 2.20. The first-order valence-corrected chi connectivity index (χ1v) is 10.4. The maximum Gasteiger partial charge on any atom is 0.239 e. The summed E-state index contributed by atoms with van der Waals surface area (Å²) in [6, 6.07) is 15.8. The van der Waals surface area contributed by atoms with Gasteiger partial charge in [-0.2, -0.15) is 10.4 Å². The van der Waals surface area contributed by atoms with Crippen molar-refractivity contribution >= 4 is 23.1 Å². The van der Waals surface area contributed by atoms with Gasteiger partial charge in [-0.05, 0) is 23.6 Å². The molecule has 1 saturated heterocycles. The Hall–Kier alpha value is -2.99. The molecule has 0 unspecified atom stereocenters. The van der Waals surface area contributed by atoms with E-state index in [-0.39, 0.29) is 5.91 Å². The van der Waals surface area contributed by atoms with E-state index in [1.807, 2.05) is 30.3 Å². The molecular weight excluding hydrogens is 384 g/mol. The first kappa shape index (κ1) is 19.3. The fourth-order valence-corrected chi connectivity index (χ4v) is 4.16. The first-order chi connectivity index (χ1) is 14.2. The Morgan fingerprint density at radius 3 is 2.55 bits per heavy atom. The van der Waals surface area contributed by atoms with E-state index in [4.69, 9.17) is 0 Å². The number of nitriles is 1. The molecule has 0 aliphatic carbocycles. The number of carbonyl (C=O) groups excluding carboxylic acids is 1. The maximum atomic E-state index is 12.7. The Labute approximate surface area is 173 Å². The number of amides is 1. The minimum atomic E-state index is -0.133. The second-order valence-electron chi connectivity index (χ2n) is 6.95. The van der Waals surface area contributed by atoms with Gasteiger partial charge < -0.3 is 5.32 Å². The fourth-order valence-electron chi connectivity index (χ4n) is 3.42. The molecule has 0 radical (unpaired) electrons. The number of anilines is 1. The van der Waals surface area contributed by atoms with Crippen LogP contribution in [-0.2, 0) is 11.3 Å². The average molecular weight is 407 g/mol. The van der Waals surface area contributed by atoms with Crippen LogP contribution < -0.4 is 5.32 Å². The Kier molecular flexibility index (Phi) is 6.00. The number of carbonyl (C=O) groups is 1. The molecule has 1 aliphatic heterocycles. The number of rotatable bonds is 6. The number of nitrogens with one attached hydrogen (secondary N) is 1. The lowest BCUT2D eigenvalue weighted by molar-refractivity contribution is -0.117. The molecule has 4 rings (SSSR count). The highest BCUT2D eigenvalue weighted by atomic mass is 32.1. The van der Waals surface area contributed by atoms with Gasteiger partial charge >= 0.3 is 0 Å². The molecule has 148 valence electrons. The van der Waals surface area contributed by atoms with E-state index >= 15 is 0 Å². The standard InChI is InChI=1S/C21H22N6OS/c22-13-17-14-23-27(18-5-2-1-3-6-18)21(17)24-20(28)16-26-10-8-25(9-11-26)15-19-7-4-12-29-19/h1-7,12,14H,8-11,15-16H2,(H,24,28). The molecule has 0 atom stereocenters. The van der Waals surface area contributed by atoms with Crippen molar-refractivity contribution in [1.29, 1.82) is 5.26 Å². The lowest BCUT2D eigenvalue weighted by Gasteiger charge is -2.34. The average Bonchev–Trinajstić information content (AvgIpc) is 3.40. The maximum absolute atomic E-state index is 12.7. The van der Waals surface area contributed by atoms with Gasteiger partial charge in [0.15, 0.2) is 5.82 Å². The van der Waals surface area contributed by atoms with Crippen molar-refractivity contribution in [3.63, 3.8) is 0 Å². The molecule has 1 aliphatic rings. The molecule has 1 amide bonds. The Balaban J connectivity index is 1.35. The highest BCUT2D eigenvalue weighted by molar-refractivity contribution is 7.09. The van der Waals surface area contributed by atoms with Crippen molar-refractivity contribution in [3.05, 3.63) is 64.5 Å². The topological polar surface area (TPSA) is 77.2 Å². The number of thiophene rings is 1. The number of hydrogen-bond donors (Lipinski definition) is 1. The van der Waals surface area contributed by atoms with Crippen LogP contribution in [0.5, 0.6) is 0 Å². The number of nitrogens with zero attached hydrogens (tertiary/aromatic N) is 5. The van der Waals surface area contributed by atoms with Gasteiger partial charge in [-0.15, -0.1) is 11.3 Å². The summed E-state index contributed by atoms with van der Waals surface area (Å²) in [6.07, 6.45) is 1.48. The van der Waals surface area contributed by atoms with Gasteiger partial charge in [-0.1, -0.05) is 24.3 Å². The van der Waals surface area contributed by atoms with Crippen LogP contribution in [0.15, 0.2) is 54.0 Å². The molecule has 0 spiro atoms. The van der Waals surface area contributed by atoms with Crippen LogP contribution in [0.4, 0.5) is 5.82 Å². The minimum Gasteiger partial charge on any atom is -0.308 e. The summed E-state index contributed by atoms with van der Waals surface area (Å²) in [6.45, 7) is 4.86. The van der Waals surface area contributed by atoms with Gasteiger partial charge in [0, 0.05) is 37.6 Å². The fraction of sp³-hybridized carbons (Fsp3) is 0.286. The summed E-state index contributed by atoms with van der Waals surface area (Å²) < 4.78 is 1.59. The Morgan fingerprint density at radius 2 is 1.86 bits per heavy atom. The normalized spacial score (nSPS) is 15.1. The monoisotopic (exact) mass is 406 g/mol. The Bertz CT molecular complexity index is 984. The highest BCUT2D eigenvalue weighted by Gasteiger charge is 2.21. The van der Waals surface area contributed by atoms with Gasteiger partial charge in [0.25, 0.3) is 0 Å². The molecule has 1 N–H and O–H groups in total. The second kappa shape index (κ2) is 9.01. The summed E-state index contributed by atoms with van der Waals surface area (Å²) in [5, 5.41) is 18.6. The van der Waals surface area contributed by atoms with Gasteiger partial charge in [0.2, 0.25) is 5.91 Å². The smallest absolute Gasteiger partial charge is 0.239 e. The molecule has 7 nitrogen and oxygen atoms in total. The van der Waals surface area contributed by atoms with Crippen molar-refractivity contribution < 1.29 is 4.79 Å². The molecule has 0 bridgehead atoms. The largest absolute Gasteiger partial charge is 0.308 e. The lowest BCUT2D eigenvalue weighted by Crippen LogP contribution is -2.48. The number of benzene rings is 1. The van der Waals surface area contributed by atoms with E-state index < -0.39 is 0 Å². The third-order valence-electron chi connectivity index (χ3n) is 4.94. The summed E-state index contributed by atoms with van der Waals surface area (Å²) >= 11 is 1.78. The zero-order valence-corrected chi connectivity index (χ0v) is 16.8. The van der Waals surface area contributed by atoms with Crippen molar-refractivity contribution in [2.45, 2.75) is 6.54 Å². The third-order valence-corrected chi connectivity index (χ3v) is 5.80. The molecule has 29 heavy (non-hydrogen) atoms. The summed E-state index contributed by atoms with van der Waals surface area (Å²) in [4.78, 5) is 18.6. The van der Waals surface area contributed by atoms with Crippen LogP contribution in [-0.4, -0.2) is 58.2 Å². The molecular formula is C21H22N6OS. The van der Waals surface area contributed by atoms with E-state index in [1.54, 1.807) is 16.0 Å². The number of piperazine rings is 1. The zero-order valence-electron chi connectivity index (χ0n) is 16.0. The van der Waals surface area contributed by atoms with E-state index in [9.17, 15) is 10.1 Å². The third kappa shape index (κ3) is 4.71. The summed E-state index contributed by atoms with van der Waals surface area (Å²) in [5.41, 5.74) is 1.15. The van der Waals surface area contributed by atoms with Crippen LogP contribution in [0.1, 0.15) is 10.4 Å². The van der Waals surface area contributed by atoms with Gasteiger partial charge in [-0.25, -0.2) is 4.68 Å². The van der Waals surface area contributed by atoms with E-state index in [2.05, 4.69) is 43.8 Å². The van der Waals surface area contributed by atoms with Crippen LogP contribution in [0.2, 0.25) is 0 Å². The Morgan fingerprint density at radius 1 is 1.10 bits per heavy atom. The number of para-hydroxylation sites is 1.